The van der Waals surface area contributed by atoms with Gasteiger partial charge in [0.2, 0.25) is 11.2 Å². The first-order chi connectivity index (χ1) is 11.7. The fourth-order valence-electron chi connectivity index (χ4n) is 1.66. The Bertz CT molecular complexity index is 849. The van der Waals surface area contributed by atoms with Crippen LogP contribution < -0.4 is 0 Å². The van der Waals surface area contributed by atoms with Crippen LogP contribution in [-0.4, -0.2) is 20.0 Å². The Morgan fingerprint density at radius 2 is 1.15 bits per heavy atom. The fraction of sp³-hybridized carbons (Fsp3) is 0. The summed E-state index contributed by atoms with van der Waals surface area (Å²) < 4.78 is 0. The maximum absolute atomic E-state index is 12.1. The maximum atomic E-state index is 12.1. The number of carbonyl (C=O) groups is 1. The summed E-state index contributed by atoms with van der Waals surface area (Å²) in [6.07, 6.45) is 0. The number of aliphatic hydroxyl groups is 1. The van der Waals surface area contributed by atoms with Crippen LogP contribution in [0.1, 0.15) is 15.9 Å². The minimum absolute atomic E-state index is 0.345. The Hall–Kier alpha value is -0.372. The quantitative estimate of drug-likeness (QED) is 0.134. The first-order valence-corrected chi connectivity index (χ1v) is 26.1. The number of benzene rings is 2. The van der Waals surface area contributed by atoms with E-state index in [9.17, 15) is 9.90 Å². The number of hydrogen-bond acceptors (Lipinski definition) is 3. The van der Waals surface area contributed by atoms with Gasteiger partial charge >= 0.3 is 67.8 Å². The average molecular weight is 586 g/mol. The molecule has 26 heavy (non-hydrogen) atoms. The van der Waals surface area contributed by atoms with Crippen LogP contribution in [0.4, 0.5) is 0 Å². The molecule has 0 aliphatic carbocycles. The van der Waals surface area contributed by atoms with Gasteiger partial charge in [0.15, 0.2) is 4.98 Å². The van der Waals surface area contributed by atoms with Crippen molar-refractivity contribution < 1.29 is 9.90 Å². The van der Waals surface area contributed by atoms with E-state index in [2.05, 4.69) is 4.98 Å². The van der Waals surface area contributed by atoms with E-state index in [0.717, 1.165) is 0 Å². The van der Waals surface area contributed by atoms with Crippen molar-refractivity contribution in [3.8, 4) is 0 Å². The fourth-order valence-corrected chi connectivity index (χ4v) is 1.66. The van der Waals surface area contributed by atoms with E-state index in [4.69, 9.17) is 58.4 Å². The average Bonchev–Trinajstić information content (AvgIpc) is 2.54. The first kappa shape index (κ1) is 23.7. The van der Waals surface area contributed by atoms with Gasteiger partial charge in [-0.3, -0.25) is 4.79 Å². The molecular formula is C15H11Cl6N2O2Sb. The summed E-state index contributed by atoms with van der Waals surface area (Å²) in [5.74, 6) is -0.888. The molecule has 2 rings (SSSR count). The van der Waals surface area contributed by atoms with Crippen molar-refractivity contribution in [3.05, 3.63) is 82.5 Å². The summed E-state index contributed by atoms with van der Waals surface area (Å²) >= 11 is 0. The van der Waals surface area contributed by atoms with Crippen LogP contribution in [0, 0.1) is 5.39 Å². The minimum atomic E-state index is -5.42. The van der Waals surface area contributed by atoms with Crippen molar-refractivity contribution >= 4 is 73.7 Å². The Balaban J connectivity index is 0.000000412. The second kappa shape index (κ2) is 8.33. The van der Waals surface area contributed by atoms with E-state index < -0.39 is 14.9 Å². The molecule has 0 radical (unpaired) electrons. The Morgan fingerprint density at radius 3 is 1.50 bits per heavy atom. The molecule has 0 heterocycles. The van der Waals surface area contributed by atoms with Gasteiger partial charge < -0.3 is 5.11 Å². The molecule has 140 valence electrons. The number of hydrogen-bond donors (Lipinski definition) is 1. The van der Waals surface area contributed by atoms with Crippen LogP contribution in [0.5, 0.6) is 0 Å². The van der Waals surface area contributed by atoms with Crippen molar-refractivity contribution in [2.24, 2.45) is 0 Å². The molecule has 0 amide bonds. The molecule has 0 aromatic heterocycles. The number of aliphatic hydroxyl groups excluding tert-OH is 1. The van der Waals surface area contributed by atoms with Crippen molar-refractivity contribution in [2.75, 3.05) is 0 Å². The number of rotatable bonds is 3. The monoisotopic (exact) mass is 582 g/mol. The number of halogens is 6. The zero-order valence-electron chi connectivity index (χ0n) is 12.7. The zero-order valence-corrected chi connectivity index (χ0v) is 19.8. The molecule has 2 aromatic rings. The molecule has 0 aliphatic heterocycles. The molecule has 0 bridgehead atoms. The van der Waals surface area contributed by atoms with Crippen LogP contribution in [0.25, 0.3) is 10.7 Å². The van der Waals surface area contributed by atoms with E-state index in [-0.39, 0.29) is 11.5 Å². The summed E-state index contributed by atoms with van der Waals surface area (Å²) in [6, 6.07) is 16.8. The SMILES string of the molecule is N#[N+]/C(C(=O)c1ccccc1)=C(/O)c1ccccc1.[Cl][Sb-]([Cl])([Cl])([Cl])([Cl])[Cl]. The molecule has 2 aromatic carbocycles. The number of allylic oxidation sites excluding steroid dienone is 1. The molecule has 0 aliphatic rings. The number of nitrogens with zero attached hydrogens (tertiary/aromatic N) is 2. The van der Waals surface area contributed by atoms with Gasteiger partial charge in [0.05, 0.1) is 0 Å². The van der Waals surface area contributed by atoms with E-state index in [1.165, 1.54) is 0 Å². The van der Waals surface area contributed by atoms with Crippen molar-refractivity contribution in [1.29, 1.82) is 5.39 Å². The standard InChI is InChI=1S/C15H10N2O2.6ClH.Sb/c16-17-13(14(18)11-7-3-1-4-8-11)15(19)12-9-5-2-6-10-12;;;;;;;/h1-10H;6*1H;/q;;;;;;;+5/p-5. The van der Waals surface area contributed by atoms with Crippen LogP contribution in [0.2, 0.25) is 0 Å². The Labute approximate surface area is 170 Å². The molecule has 0 saturated heterocycles. The molecule has 1 N–H and O–H groups in total. The normalized spacial score (nSPS) is 14.5. The van der Waals surface area contributed by atoms with Gasteiger partial charge in [-0.1, -0.05) is 60.7 Å². The van der Waals surface area contributed by atoms with E-state index in [1.807, 2.05) is 0 Å². The van der Waals surface area contributed by atoms with Gasteiger partial charge in [0, 0.05) is 11.1 Å². The molecule has 0 saturated carbocycles. The molecule has 0 fully saturated rings. The third kappa shape index (κ3) is 10.7. The van der Waals surface area contributed by atoms with Crippen molar-refractivity contribution in [3.63, 3.8) is 0 Å². The first-order valence-electron chi connectivity index (χ1n) is 6.69. The summed E-state index contributed by atoms with van der Waals surface area (Å²) in [5.41, 5.74) is 0.384. The summed E-state index contributed by atoms with van der Waals surface area (Å²) in [4.78, 5) is 15.0. The van der Waals surface area contributed by atoms with E-state index >= 15 is 0 Å². The van der Waals surface area contributed by atoms with Crippen LogP contribution in [-0.2, 0) is 0 Å². The second-order valence-electron chi connectivity index (χ2n) is 4.82. The van der Waals surface area contributed by atoms with Gasteiger partial charge in [-0.25, -0.2) is 0 Å². The Morgan fingerprint density at radius 1 is 0.808 bits per heavy atom. The molecule has 11 heteroatoms. The van der Waals surface area contributed by atoms with Gasteiger partial charge in [0.1, 0.15) is 0 Å². The van der Waals surface area contributed by atoms with Crippen molar-refractivity contribution in [2.45, 2.75) is 0 Å². The summed E-state index contributed by atoms with van der Waals surface area (Å²) in [7, 11) is 25.0. The molecule has 0 atom stereocenters. The van der Waals surface area contributed by atoms with Crippen LogP contribution >= 0.6 is 53.0 Å². The van der Waals surface area contributed by atoms with E-state index in [1.54, 1.807) is 60.7 Å². The second-order valence-corrected chi connectivity index (χ2v) is 61.7. The van der Waals surface area contributed by atoms with Gasteiger partial charge in [-0.15, -0.1) is 0 Å². The predicted octanol–water partition coefficient (Wildman–Crippen LogP) is 7.41. The van der Waals surface area contributed by atoms with Crippen LogP contribution in [0.15, 0.2) is 66.4 Å². The topological polar surface area (TPSA) is 65.5 Å². The number of diazo groups is 1. The van der Waals surface area contributed by atoms with Gasteiger partial charge in [-0.2, -0.15) is 0 Å². The number of carbonyl (C=O) groups excluding carboxylic acids is 1. The van der Waals surface area contributed by atoms with Crippen molar-refractivity contribution in [1.82, 2.24) is 0 Å². The molecule has 4 nitrogen and oxygen atoms in total. The third-order valence-electron chi connectivity index (χ3n) is 2.62. The summed E-state index contributed by atoms with van der Waals surface area (Å²) in [6.45, 7) is 0. The number of ketones is 1. The molecule has 0 spiro atoms. The van der Waals surface area contributed by atoms with Gasteiger partial charge in [-0.05, 0) is 0 Å². The predicted molar refractivity (Wildman–Crippen MR) is 113 cm³/mol. The summed E-state index contributed by atoms with van der Waals surface area (Å²) in [5, 5.41) is 19.0. The van der Waals surface area contributed by atoms with E-state index in [0.29, 0.717) is 11.1 Å². The Kier molecular flexibility index (Phi) is 7.58. The third-order valence-corrected chi connectivity index (χ3v) is 2.62. The van der Waals surface area contributed by atoms with Gasteiger partial charge in [0.25, 0.3) is 5.78 Å². The number of Topliss-reactive ketones (excluding diaryl/α,β-unsaturated/α-hetero) is 1. The molecule has 0 unspecified atom stereocenters. The zero-order chi connectivity index (χ0) is 20.1. The van der Waals surface area contributed by atoms with Crippen LogP contribution in [0.3, 0.4) is 0 Å². The molecular weight excluding hydrogens is 575 g/mol.